The average Bonchev–Trinajstić information content (AvgIpc) is 2.66. The van der Waals surface area contributed by atoms with Crippen molar-refractivity contribution >= 4 is 23.5 Å². The van der Waals surface area contributed by atoms with Crippen molar-refractivity contribution in [2.45, 2.75) is 19.9 Å². The first-order chi connectivity index (χ1) is 12.6. The standard InChI is InChI=1S/C20H25ClN4O/c1-3-22-20(25-15(2)16-9-5-4-6-10-16)24-14-13-23-19(26)17-11-7-8-12-18(17)21/h4-12,15H,3,13-14H2,1-2H3,(H,23,26)(H2,22,24,25). The van der Waals surface area contributed by atoms with Gasteiger partial charge in [-0.05, 0) is 31.5 Å². The highest BCUT2D eigenvalue weighted by atomic mass is 35.5. The van der Waals surface area contributed by atoms with Gasteiger partial charge in [-0.3, -0.25) is 9.79 Å². The molecule has 2 aromatic rings. The minimum absolute atomic E-state index is 0.131. The highest BCUT2D eigenvalue weighted by Crippen LogP contribution is 2.14. The third-order valence-electron chi connectivity index (χ3n) is 3.78. The fourth-order valence-electron chi connectivity index (χ4n) is 2.43. The predicted octanol–water partition coefficient (Wildman–Crippen LogP) is 3.39. The fourth-order valence-corrected chi connectivity index (χ4v) is 2.65. The lowest BCUT2D eigenvalue weighted by molar-refractivity contribution is 0.0955. The minimum Gasteiger partial charge on any atom is -0.357 e. The molecule has 2 rings (SSSR count). The van der Waals surface area contributed by atoms with Crippen molar-refractivity contribution in [1.82, 2.24) is 16.0 Å². The van der Waals surface area contributed by atoms with Gasteiger partial charge < -0.3 is 16.0 Å². The second-order valence-corrected chi connectivity index (χ2v) is 6.18. The molecule has 5 nitrogen and oxygen atoms in total. The Balaban J connectivity index is 1.87. The molecule has 0 aromatic heterocycles. The molecule has 0 saturated heterocycles. The van der Waals surface area contributed by atoms with Gasteiger partial charge in [-0.2, -0.15) is 0 Å². The maximum absolute atomic E-state index is 12.1. The van der Waals surface area contributed by atoms with Crippen molar-refractivity contribution in [3.63, 3.8) is 0 Å². The van der Waals surface area contributed by atoms with Crippen LogP contribution in [0.15, 0.2) is 59.6 Å². The van der Waals surface area contributed by atoms with Crippen LogP contribution in [0.3, 0.4) is 0 Å². The maximum atomic E-state index is 12.1. The molecule has 26 heavy (non-hydrogen) atoms. The molecule has 6 heteroatoms. The summed E-state index contributed by atoms with van der Waals surface area (Å²) in [5.41, 5.74) is 1.66. The summed E-state index contributed by atoms with van der Waals surface area (Å²) in [7, 11) is 0. The highest BCUT2D eigenvalue weighted by molar-refractivity contribution is 6.33. The number of amides is 1. The van der Waals surface area contributed by atoms with E-state index in [1.54, 1.807) is 24.3 Å². The monoisotopic (exact) mass is 372 g/mol. The first-order valence-electron chi connectivity index (χ1n) is 8.74. The highest BCUT2D eigenvalue weighted by Gasteiger charge is 2.09. The van der Waals surface area contributed by atoms with Crippen molar-refractivity contribution in [3.05, 3.63) is 70.7 Å². The zero-order valence-corrected chi connectivity index (χ0v) is 15.9. The average molecular weight is 373 g/mol. The summed E-state index contributed by atoms with van der Waals surface area (Å²) >= 11 is 6.03. The number of halogens is 1. The smallest absolute Gasteiger partial charge is 0.252 e. The lowest BCUT2D eigenvalue weighted by atomic mass is 10.1. The van der Waals surface area contributed by atoms with Crippen molar-refractivity contribution in [3.8, 4) is 0 Å². The third kappa shape index (κ3) is 6.08. The van der Waals surface area contributed by atoms with Crippen molar-refractivity contribution in [2.75, 3.05) is 19.6 Å². The zero-order chi connectivity index (χ0) is 18.8. The van der Waals surface area contributed by atoms with Crippen LogP contribution in [0.25, 0.3) is 0 Å². The Bertz CT molecular complexity index is 734. The summed E-state index contributed by atoms with van der Waals surface area (Å²) in [6.45, 7) is 5.76. The molecule has 0 heterocycles. The Morgan fingerprint density at radius 1 is 1.08 bits per heavy atom. The number of benzene rings is 2. The van der Waals surface area contributed by atoms with Crippen LogP contribution >= 0.6 is 11.6 Å². The number of guanidine groups is 1. The van der Waals surface area contributed by atoms with E-state index < -0.39 is 0 Å². The number of hydrogen-bond acceptors (Lipinski definition) is 2. The molecule has 3 N–H and O–H groups in total. The molecule has 0 spiro atoms. The third-order valence-corrected chi connectivity index (χ3v) is 4.11. The molecule has 0 fully saturated rings. The Kier molecular flexibility index (Phi) is 7.96. The van der Waals surface area contributed by atoms with Crippen LogP contribution < -0.4 is 16.0 Å². The van der Waals surface area contributed by atoms with Gasteiger partial charge in [0.25, 0.3) is 5.91 Å². The normalized spacial score (nSPS) is 12.3. The minimum atomic E-state index is -0.193. The van der Waals surface area contributed by atoms with Crippen LogP contribution in [0, 0.1) is 0 Å². The van der Waals surface area contributed by atoms with Crippen molar-refractivity contribution < 1.29 is 4.79 Å². The van der Waals surface area contributed by atoms with E-state index >= 15 is 0 Å². The summed E-state index contributed by atoms with van der Waals surface area (Å²) in [6.07, 6.45) is 0. The van der Waals surface area contributed by atoms with E-state index in [-0.39, 0.29) is 11.9 Å². The quantitative estimate of drug-likeness (QED) is 0.396. The lowest BCUT2D eigenvalue weighted by Gasteiger charge is -2.18. The molecule has 0 aliphatic carbocycles. The van der Waals surface area contributed by atoms with E-state index in [2.05, 4.69) is 40.0 Å². The number of aliphatic imine (C=N–C) groups is 1. The van der Waals surface area contributed by atoms with Gasteiger partial charge in [-0.15, -0.1) is 0 Å². The lowest BCUT2D eigenvalue weighted by Crippen LogP contribution is -2.39. The molecule has 138 valence electrons. The second-order valence-electron chi connectivity index (χ2n) is 5.77. The van der Waals surface area contributed by atoms with Crippen LogP contribution in [0.1, 0.15) is 35.8 Å². The SMILES string of the molecule is CCNC(=NCCNC(=O)c1ccccc1Cl)NC(C)c1ccccc1. The maximum Gasteiger partial charge on any atom is 0.252 e. The molecular formula is C20H25ClN4O. The van der Waals surface area contributed by atoms with Gasteiger partial charge in [0.15, 0.2) is 5.96 Å². The first kappa shape index (κ1) is 19.8. The Hall–Kier alpha value is -2.53. The number of nitrogens with zero attached hydrogens (tertiary/aromatic N) is 1. The largest absolute Gasteiger partial charge is 0.357 e. The summed E-state index contributed by atoms with van der Waals surface area (Å²) < 4.78 is 0. The van der Waals surface area contributed by atoms with E-state index in [1.807, 2.05) is 25.1 Å². The van der Waals surface area contributed by atoms with Gasteiger partial charge in [-0.25, -0.2) is 0 Å². The molecule has 0 aliphatic heterocycles. The van der Waals surface area contributed by atoms with Crippen LogP contribution in [-0.2, 0) is 0 Å². The molecule has 0 bridgehead atoms. The van der Waals surface area contributed by atoms with Gasteiger partial charge >= 0.3 is 0 Å². The van der Waals surface area contributed by atoms with Crippen molar-refractivity contribution in [2.24, 2.45) is 4.99 Å². The number of nitrogens with one attached hydrogen (secondary N) is 3. The molecule has 2 aromatic carbocycles. The second kappa shape index (κ2) is 10.5. The van der Waals surface area contributed by atoms with E-state index in [0.29, 0.717) is 23.7 Å². The molecule has 0 radical (unpaired) electrons. The molecule has 0 saturated carbocycles. The predicted molar refractivity (Wildman–Crippen MR) is 108 cm³/mol. The van der Waals surface area contributed by atoms with E-state index in [4.69, 9.17) is 11.6 Å². The summed E-state index contributed by atoms with van der Waals surface area (Å²) in [5.74, 6) is 0.525. The van der Waals surface area contributed by atoms with Gasteiger partial charge in [0.05, 0.1) is 23.2 Å². The van der Waals surface area contributed by atoms with Gasteiger partial charge in [0.2, 0.25) is 0 Å². The Morgan fingerprint density at radius 2 is 1.77 bits per heavy atom. The molecule has 1 unspecified atom stereocenters. The Morgan fingerprint density at radius 3 is 2.46 bits per heavy atom. The number of carbonyl (C=O) groups excluding carboxylic acids is 1. The first-order valence-corrected chi connectivity index (χ1v) is 9.12. The fraction of sp³-hybridized carbons (Fsp3) is 0.300. The zero-order valence-electron chi connectivity index (χ0n) is 15.1. The summed E-state index contributed by atoms with van der Waals surface area (Å²) in [4.78, 5) is 16.6. The van der Waals surface area contributed by atoms with Crippen LogP contribution in [0.5, 0.6) is 0 Å². The van der Waals surface area contributed by atoms with Gasteiger partial charge in [0, 0.05) is 13.1 Å². The molecule has 0 aliphatic rings. The Labute approximate surface area is 159 Å². The van der Waals surface area contributed by atoms with E-state index in [9.17, 15) is 4.79 Å². The van der Waals surface area contributed by atoms with Gasteiger partial charge in [0.1, 0.15) is 0 Å². The van der Waals surface area contributed by atoms with Crippen LogP contribution in [0.2, 0.25) is 5.02 Å². The number of rotatable bonds is 7. The summed E-state index contributed by atoms with van der Waals surface area (Å²) in [5, 5.41) is 9.87. The van der Waals surface area contributed by atoms with Crippen molar-refractivity contribution in [1.29, 1.82) is 0 Å². The topological polar surface area (TPSA) is 65.5 Å². The van der Waals surface area contributed by atoms with Crippen LogP contribution in [0.4, 0.5) is 0 Å². The van der Waals surface area contributed by atoms with Gasteiger partial charge in [-0.1, -0.05) is 54.1 Å². The summed E-state index contributed by atoms with van der Waals surface area (Å²) in [6, 6.07) is 17.3. The van der Waals surface area contributed by atoms with E-state index in [0.717, 1.165) is 12.5 Å². The molecule has 1 atom stereocenters. The van der Waals surface area contributed by atoms with E-state index in [1.165, 1.54) is 5.56 Å². The molecular weight excluding hydrogens is 348 g/mol. The number of hydrogen-bond donors (Lipinski definition) is 3. The number of carbonyl (C=O) groups is 1. The molecule has 1 amide bonds. The van der Waals surface area contributed by atoms with Crippen LogP contribution in [-0.4, -0.2) is 31.5 Å².